The fraction of sp³-hybridized carbons (Fsp3) is 0.583. The summed E-state index contributed by atoms with van der Waals surface area (Å²) < 4.78 is 26.8. The highest BCUT2D eigenvalue weighted by atomic mass is 19.1. The Hall–Kier alpha value is -1.43. The number of hydrogen-bond acceptors (Lipinski definition) is 4. The van der Waals surface area contributed by atoms with Crippen molar-refractivity contribution >= 4 is 11.6 Å². The highest BCUT2D eigenvalue weighted by Crippen LogP contribution is 2.19. The maximum absolute atomic E-state index is 13.4. The molecule has 0 bridgehead atoms. The number of anilines is 2. The van der Waals surface area contributed by atoms with Crippen molar-refractivity contribution in [3.63, 3.8) is 0 Å². The predicted octanol–water partition coefficient (Wildman–Crippen LogP) is 2.36. The summed E-state index contributed by atoms with van der Waals surface area (Å²) in [5.74, 6) is -1.41. The first-order valence-electron chi connectivity index (χ1n) is 6.06. The first-order valence-corrected chi connectivity index (χ1v) is 6.06. The molecule has 0 aliphatic heterocycles. The van der Waals surface area contributed by atoms with Crippen LogP contribution >= 0.6 is 0 Å². The molecule has 0 amide bonds. The monoisotopic (exact) mass is 259 g/mol. The second-order valence-corrected chi connectivity index (χ2v) is 4.14. The second-order valence-electron chi connectivity index (χ2n) is 4.14. The van der Waals surface area contributed by atoms with Crippen molar-refractivity contribution in [3.8, 4) is 0 Å². The Morgan fingerprint density at radius 1 is 1.22 bits per heavy atom. The molecule has 1 aromatic heterocycles. The van der Waals surface area contributed by atoms with Crippen LogP contribution in [0.1, 0.15) is 26.7 Å². The third-order valence-electron chi connectivity index (χ3n) is 2.33. The molecular weight excluding hydrogens is 240 g/mol. The summed E-state index contributed by atoms with van der Waals surface area (Å²) in [5, 5.41) is 14.6. The highest BCUT2D eigenvalue weighted by molar-refractivity contribution is 5.47. The molecule has 1 atom stereocenters. The van der Waals surface area contributed by atoms with Crippen LogP contribution in [-0.4, -0.2) is 29.3 Å². The van der Waals surface area contributed by atoms with Crippen molar-refractivity contribution in [1.82, 2.24) is 4.98 Å². The summed E-state index contributed by atoms with van der Waals surface area (Å²) in [6.07, 6.45) is 0.818. The minimum Gasteiger partial charge on any atom is -0.393 e. The first-order chi connectivity index (χ1) is 8.54. The SMILES string of the molecule is CCCNc1nc(NCCC(C)O)c(F)cc1F. The minimum atomic E-state index is -0.736. The highest BCUT2D eigenvalue weighted by Gasteiger charge is 2.11. The smallest absolute Gasteiger partial charge is 0.168 e. The van der Waals surface area contributed by atoms with Gasteiger partial charge in [-0.05, 0) is 19.8 Å². The van der Waals surface area contributed by atoms with Gasteiger partial charge >= 0.3 is 0 Å². The van der Waals surface area contributed by atoms with Gasteiger partial charge in [0.25, 0.3) is 0 Å². The van der Waals surface area contributed by atoms with Gasteiger partial charge in [-0.2, -0.15) is 0 Å². The molecule has 18 heavy (non-hydrogen) atoms. The molecule has 4 nitrogen and oxygen atoms in total. The maximum atomic E-state index is 13.4. The van der Waals surface area contributed by atoms with Gasteiger partial charge in [0, 0.05) is 19.2 Å². The van der Waals surface area contributed by atoms with Gasteiger partial charge in [-0.3, -0.25) is 0 Å². The lowest BCUT2D eigenvalue weighted by atomic mass is 10.3. The van der Waals surface area contributed by atoms with E-state index in [1.54, 1.807) is 6.92 Å². The lowest BCUT2D eigenvalue weighted by Gasteiger charge is -2.11. The van der Waals surface area contributed by atoms with Crippen LogP contribution in [0.4, 0.5) is 20.4 Å². The van der Waals surface area contributed by atoms with Crippen LogP contribution < -0.4 is 10.6 Å². The van der Waals surface area contributed by atoms with E-state index < -0.39 is 17.7 Å². The van der Waals surface area contributed by atoms with E-state index >= 15 is 0 Å². The van der Waals surface area contributed by atoms with E-state index in [2.05, 4.69) is 15.6 Å². The van der Waals surface area contributed by atoms with Gasteiger partial charge in [-0.1, -0.05) is 6.92 Å². The molecule has 0 saturated heterocycles. The number of pyridine rings is 1. The average molecular weight is 259 g/mol. The van der Waals surface area contributed by atoms with E-state index in [1.807, 2.05) is 6.92 Å². The molecule has 1 aromatic rings. The molecule has 0 radical (unpaired) electrons. The number of nitrogens with one attached hydrogen (secondary N) is 2. The number of aromatic nitrogens is 1. The molecule has 0 aliphatic carbocycles. The van der Waals surface area contributed by atoms with Gasteiger partial charge in [0.2, 0.25) is 0 Å². The third-order valence-corrected chi connectivity index (χ3v) is 2.33. The molecule has 3 N–H and O–H groups in total. The maximum Gasteiger partial charge on any atom is 0.168 e. The minimum absolute atomic E-state index is 0.00402. The van der Waals surface area contributed by atoms with E-state index in [-0.39, 0.29) is 11.6 Å². The molecule has 0 saturated carbocycles. The van der Waals surface area contributed by atoms with Gasteiger partial charge in [0.15, 0.2) is 23.3 Å². The van der Waals surface area contributed by atoms with Crippen LogP contribution in [0.5, 0.6) is 0 Å². The summed E-state index contributed by atoms with van der Waals surface area (Å²) in [7, 11) is 0. The van der Waals surface area contributed by atoms with Crippen molar-refractivity contribution in [2.45, 2.75) is 32.8 Å². The van der Waals surface area contributed by atoms with Crippen molar-refractivity contribution in [2.75, 3.05) is 23.7 Å². The van der Waals surface area contributed by atoms with Gasteiger partial charge in [-0.15, -0.1) is 0 Å². The molecule has 0 aliphatic rings. The van der Waals surface area contributed by atoms with E-state index in [1.165, 1.54) is 0 Å². The van der Waals surface area contributed by atoms with Gasteiger partial charge in [0.05, 0.1) is 6.10 Å². The largest absolute Gasteiger partial charge is 0.393 e. The standard InChI is InChI=1S/C12H19F2N3O/c1-3-5-15-11-9(13)7-10(14)12(17-11)16-6-4-8(2)18/h7-8,18H,3-6H2,1-2H3,(H2,15,16,17). The number of halogens is 2. The van der Waals surface area contributed by atoms with E-state index in [0.717, 1.165) is 12.5 Å². The summed E-state index contributed by atoms with van der Waals surface area (Å²) in [5.41, 5.74) is 0. The Balaban J connectivity index is 2.71. The number of nitrogens with zero attached hydrogens (tertiary/aromatic N) is 1. The fourth-order valence-electron chi connectivity index (χ4n) is 1.36. The molecule has 0 fully saturated rings. The van der Waals surface area contributed by atoms with E-state index in [4.69, 9.17) is 5.11 Å². The number of aliphatic hydroxyl groups excluding tert-OH is 1. The van der Waals surface area contributed by atoms with Crippen LogP contribution in [0.15, 0.2) is 6.07 Å². The second kappa shape index (κ2) is 7.10. The van der Waals surface area contributed by atoms with E-state index in [0.29, 0.717) is 19.5 Å². The summed E-state index contributed by atoms with van der Waals surface area (Å²) in [4.78, 5) is 3.85. The molecule has 0 aromatic carbocycles. The molecular formula is C12H19F2N3O. The third kappa shape index (κ3) is 4.44. The molecule has 1 rings (SSSR count). The quantitative estimate of drug-likeness (QED) is 0.703. The van der Waals surface area contributed by atoms with Crippen LogP contribution in [0, 0.1) is 11.6 Å². The van der Waals surface area contributed by atoms with Crippen molar-refractivity contribution in [3.05, 3.63) is 17.7 Å². The van der Waals surface area contributed by atoms with Crippen LogP contribution in [0.2, 0.25) is 0 Å². The average Bonchev–Trinajstić information content (AvgIpc) is 2.30. The van der Waals surface area contributed by atoms with Gasteiger partial charge in [-0.25, -0.2) is 13.8 Å². The molecule has 1 heterocycles. The Morgan fingerprint density at radius 3 is 2.28 bits per heavy atom. The van der Waals surface area contributed by atoms with E-state index in [9.17, 15) is 8.78 Å². The molecule has 102 valence electrons. The Bertz CT molecular complexity index is 386. The van der Waals surface area contributed by atoms with Crippen molar-refractivity contribution < 1.29 is 13.9 Å². The molecule has 6 heteroatoms. The van der Waals surface area contributed by atoms with Crippen LogP contribution in [0.3, 0.4) is 0 Å². The zero-order valence-corrected chi connectivity index (χ0v) is 10.6. The first kappa shape index (κ1) is 14.6. The lowest BCUT2D eigenvalue weighted by molar-refractivity contribution is 0.188. The van der Waals surface area contributed by atoms with Gasteiger partial charge in [0.1, 0.15) is 0 Å². The van der Waals surface area contributed by atoms with Crippen LogP contribution in [-0.2, 0) is 0 Å². The topological polar surface area (TPSA) is 57.2 Å². The zero-order valence-electron chi connectivity index (χ0n) is 10.6. The number of rotatable bonds is 7. The van der Waals surface area contributed by atoms with Crippen molar-refractivity contribution in [2.24, 2.45) is 0 Å². The Morgan fingerprint density at radius 2 is 1.78 bits per heavy atom. The normalized spacial score (nSPS) is 12.3. The summed E-state index contributed by atoms with van der Waals surface area (Å²) in [6, 6.07) is 0.801. The molecule has 1 unspecified atom stereocenters. The summed E-state index contributed by atoms with van der Waals surface area (Å²) in [6.45, 7) is 4.53. The molecule has 0 spiro atoms. The number of aliphatic hydroxyl groups is 1. The lowest BCUT2D eigenvalue weighted by Crippen LogP contribution is -2.13. The number of hydrogen-bond donors (Lipinski definition) is 3. The van der Waals surface area contributed by atoms with Crippen LogP contribution in [0.25, 0.3) is 0 Å². The zero-order chi connectivity index (χ0) is 13.5. The van der Waals surface area contributed by atoms with Crippen molar-refractivity contribution in [1.29, 1.82) is 0 Å². The Kier molecular flexibility index (Phi) is 5.77. The summed E-state index contributed by atoms with van der Waals surface area (Å²) >= 11 is 0. The fourth-order valence-corrected chi connectivity index (χ4v) is 1.36. The van der Waals surface area contributed by atoms with Gasteiger partial charge < -0.3 is 15.7 Å². The predicted molar refractivity (Wildman–Crippen MR) is 67.7 cm³/mol. The Labute approximate surface area is 105 Å².